The molecule has 31 heavy (non-hydrogen) atoms. The fourth-order valence-corrected chi connectivity index (χ4v) is 4.56. The average molecular weight is 448 g/mol. The van der Waals surface area contributed by atoms with Gasteiger partial charge in [0.05, 0.1) is 5.75 Å². The highest BCUT2D eigenvalue weighted by molar-refractivity contribution is 7.89. The van der Waals surface area contributed by atoms with Gasteiger partial charge in [0.15, 0.2) is 6.61 Å². The lowest BCUT2D eigenvalue weighted by molar-refractivity contribution is -0.122. The van der Waals surface area contributed by atoms with Gasteiger partial charge in [-0.3, -0.25) is 4.79 Å². The number of carbonyl (C=O) groups is 1. The molecule has 1 saturated heterocycles. The van der Waals surface area contributed by atoms with E-state index in [1.165, 1.54) is 9.87 Å². The summed E-state index contributed by atoms with van der Waals surface area (Å²) in [5.41, 5.74) is 1.19. The highest BCUT2D eigenvalue weighted by atomic mass is 32.2. The van der Waals surface area contributed by atoms with Crippen LogP contribution < -0.4 is 15.0 Å². The zero-order valence-corrected chi connectivity index (χ0v) is 18.7. The van der Waals surface area contributed by atoms with Crippen LogP contribution in [0.25, 0.3) is 0 Å². The monoisotopic (exact) mass is 447 g/mol. The Morgan fingerprint density at radius 2 is 1.74 bits per heavy atom. The van der Waals surface area contributed by atoms with E-state index in [1.807, 2.05) is 29.2 Å². The molecule has 0 bridgehead atoms. The van der Waals surface area contributed by atoms with Gasteiger partial charge in [-0.2, -0.15) is 4.31 Å². The molecule has 2 aromatic rings. The maximum Gasteiger partial charge on any atom is 0.257 e. The standard InChI is InChI=1S/C21H29N5O4S/c1-17(2)18-4-6-19(7-5-18)30-16-20(27)22-10-15-31(28,29)26-13-11-25(12-14-26)21-23-8-3-9-24-21/h3-9,17H,10-16H2,1-2H3,(H,22,27). The molecule has 0 unspecified atom stereocenters. The van der Waals surface area contributed by atoms with Crippen LogP contribution in [0.2, 0.25) is 0 Å². The molecule has 1 aliphatic heterocycles. The van der Waals surface area contributed by atoms with Crippen LogP contribution in [0.5, 0.6) is 5.75 Å². The van der Waals surface area contributed by atoms with E-state index < -0.39 is 10.0 Å². The Balaban J connectivity index is 1.38. The van der Waals surface area contributed by atoms with Gasteiger partial charge in [-0.1, -0.05) is 26.0 Å². The molecule has 0 aliphatic carbocycles. The van der Waals surface area contributed by atoms with Crippen molar-refractivity contribution < 1.29 is 17.9 Å². The van der Waals surface area contributed by atoms with Crippen LogP contribution in [0, 0.1) is 0 Å². The number of piperazine rings is 1. The number of nitrogens with one attached hydrogen (secondary N) is 1. The molecule has 0 spiro atoms. The van der Waals surface area contributed by atoms with Gasteiger partial charge in [-0.25, -0.2) is 18.4 Å². The highest BCUT2D eigenvalue weighted by Crippen LogP contribution is 2.18. The second kappa shape index (κ2) is 10.5. The van der Waals surface area contributed by atoms with E-state index in [2.05, 4.69) is 29.1 Å². The van der Waals surface area contributed by atoms with Gasteiger partial charge in [0.25, 0.3) is 5.91 Å². The van der Waals surface area contributed by atoms with Crippen molar-refractivity contribution in [3.05, 3.63) is 48.3 Å². The number of carbonyl (C=O) groups excluding carboxylic acids is 1. The Morgan fingerprint density at radius 3 is 2.35 bits per heavy atom. The third-order valence-corrected chi connectivity index (χ3v) is 6.94. The zero-order valence-electron chi connectivity index (χ0n) is 17.9. The number of benzene rings is 1. The Bertz CT molecular complexity index is 943. The maximum atomic E-state index is 12.6. The second-order valence-corrected chi connectivity index (χ2v) is 9.70. The first-order chi connectivity index (χ1) is 14.8. The summed E-state index contributed by atoms with van der Waals surface area (Å²) in [5, 5.41) is 2.61. The van der Waals surface area contributed by atoms with Gasteiger partial charge in [0, 0.05) is 45.1 Å². The van der Waals surface area contributed by atoms with E-state index in [1.54, 1.807) is 18.5 Å². The molecule has 1 aliphatic rings. The number of aromatic nitrogens is 2. The quantitative estimate of drug-likeness (QED) is 0.617. The van der Waals surface area contributed by atoms with Crippen molar-refractivity contribution in [3.63, 3.8) is 0 Å². The summed E-state index contributed by atoms with van der Waals surface area (Å²) in [7, 11) is -3.45. The minimum atomic E-state index is -3.45. The van der Waals surface area contributed by atoms with Crippen molar-refractivity contribution >= 4 is 21.9 Å². The molecular weight excluding hydrogens is 418 g/mol. The number of ether oxygens (including phenoxy) is 1. The minimum Gasteiger partial charge on any atom is -0.484 e. The van der Waals surface area contributed by atoms with E-state index in [0.29, 0.717) is 43.8 Å². The summed E-state index contributed by atoms with van der Waals surface area (Å²) < 4.78 is 32.1. The first-order valence-electron chi connectivity index (χ1n) is 10.3. The second-order valence-electron chi connectivity index (χ2n) is 7.61. The lowest BCUT2D eigenvalue weighted by Crippen LogP contribution is -2.50. The highest BCUT2D eigenvalue weighted by Gasteiger charge is 2.27. The third kappa shape index (κ3) is 6.63. The van der Waals surface area contributed by atoms with Gasteiger partial charge < -0.3 is 15.0 Å². The lowest BCUT2D eigenvalue weighted by Gasteiger charge is -2.33. The van der Waals surface area contributed by atoms with Crippen molar-refractivity contribution in [2.45, 2.75) is 19.8 Å². The number of amides is 1. The average Bonchev–Trinajstić information content (AvgIpc) is 2.78. The molecule has 3 rings (SSSR count). The van der Waals surface area contributed by atoms with E-state index in [4.69, 9.17) is 4.74 Å². The van der Waals surface area contributed by atoms with Gasteiger partial charge in [-0.15, -0.1) is 0 Å². The van der Waals surface area contributed by atoms with Crippen LogP contribution in [0.4, 0.5) is 5.95 Å². The molecular formula is C21H29N5O4S. The number of hydrogen-bond acceptors (Lipinski definition) is 7. The molecule has 0 saturated carbocycles. The molecule has 1 N–H and O–H groups in total. The zero-order chi connectivity index (χ0) is 22.3. The SMILES string of the molecule is CC(C)c1ccc(OCC(=O)NCCS(=O)(=O)N2CCN(c3ncccn3)CC2)cc1. The topological polar surface area (TPSA) is 105 Å². The fourth-order valence-electron chi connectivity index (χ4n) is 3.22. The maximum absolute atomic E-state index is 12.6. The van der Waals surface area contributed by atoms with Gasteiger partial charge in [0.1, 0.15) is 5.75 Å². The van der Waals surface area contributed by atoms with Crippen molar-refractivity contribution in [2.75, 3.05) is 50.0 Å². The molecule has 1 aromatic heterocycles. The first kappa shape index (κ1) is 23.0. The molecule has 2 heterocycles. The van der Waals surface area contributed by atoms with Crippen LogP contribution in [0.3, 0.4) is 0 Å². The largest absolute Gasteiger partial charge is 0.484 e. The Kier molecular flexibility index (Phi) is 7.80. The van der Waals surface area contributed by atoms with E-state index in [-0.39, 0.29) is 24.8 Å². The van der Waals surface area contributed by atoms with Crippen LogP contribution >= 0.6 is 0 Å². The Hall–Kier alpha value is -2.72. The number of anilines is 1. The molecule has 168 valence electrons. The van der Waals surface area contributed by atoms with Crippen molar-refractivity contribution in [1.29, 1.82) is 0 Å². The fraction of sp³-hybridized carbons (Fsp3) is 0.476. The summed E-state index contributed by atoms with van der Waals surface area (Å²) in [6.07, 6.45) is 3.33. The first-order valence-corrected chi connectivity index (χ1v) is 12.0. The number of rotatable bonds is 9. The summed E-state index contributed by atoms with van der Waals surface area (Å²) in [6, 6.07) is 9.33. The smallest absolute Gasteiger partial charge is 0.257 e. The predicted octanol–water partition coefficient (Wildman–Crippen LogP) is 1.25. The van der Waals surface area contributed by atoms with E-state index in [0.717, 1.165) is 0 Å². The molecule has 1 aromatic carbocycles. The van der Waals surface area contributed by atoms with Crippen LogP contribution in [-0.2, 0) is 14.8 Å². The molecule has 9 nitrogen and oxygen atoms in total. The number of sulfonamides is 1. The van der Waals surface area contributed by atoms with Crippen molar-refractivity contribution in [3.8, 4) is 5.75 Å². The van der Waals surface area contributed by atoms with Crippen LogP contribution in [0.1, 0.15) is 25.3 Å². The molecule has 1 fully saturated rings. The van der Waals surface area contributed by atoms with Crippen molar-refractivity contribution in [2.24, 2.45) is 0 Å². The molecule has 0 radical (unpaired) electrons. The van der Waals surface area contributed by atoms with Gasteiger partial charge >= 0.3 is 0 Å². The Morgan fingerprint density at radius 1 is 1.10 bits per heavy atom. The van der Waals surface area contributed by atoms with Crippen molar-refractivity contribution in [1.82, 2.24) is 19.6 Å². The minimum absolute atomic E-state index is 0.0405. The molecule has 10 heteroatoms. The summed E-state index contributed by atoms with van der Waals surface area (Å²) in [5.74, 6) is 1.13. The summed E-state index contributed by atoms with van der Waals surface area (Å²) >= 11 is 0. The van der Waals surface area contributed by atoms with Gasteiger partial charge in [0.2, 0.25) is 16.0 Å². The Labute approximate surface area is 183 Å². The lowest BCUT2D eigenvalue weighted by atomic mass is 10.0. The van der Waals surface area contributed by atoms with Crippen LogP contribution in [0.15, 0.2) is 42.7 Å². The normalized spacial score (nSPS) is 15.1. The number of hydrogen-bond donors (Lipinski definition) is 1. The third-order valence-electron chi connectivity index (χ3n) is 5.07. The summed E-state index contributed by atoms with van der Waals surface area (Å²) in [6.45, 7) is 5.88. The van der Waals surface area contributed by atoms with Gasteiger partial charge in [-0.05, 0) is 29.7 Å². The van der Waals surface area contributed by atoms with E-state index >= 15 is 0 Å². The number of nitrogens with zero attached hydrogens (tertiary/aromatic N) is 4. The van der Waals surface area contributed by atoms with E-state index in [9.17, 15) is 13.2 Å². The van der Waals surface area contributed by atoms with Crippen LogP contribution in [-0.4, -0.2) is 73.7 Å². The predicted molar refractivity (Wildman–Crippen MR) is 119 cm³/mol. The molecule has 0 atom stereocenters. The summed E-state index contributed by atoms with van der Waals surface area (Å²) in [4.78, 5) is 22.3. The molecule has 1 amide bonds.